The summed E-state index contributed by atoms with van der Waals surface area (Å²) in [5.41, 5.74) is 6.15. The number of amidine groups is 1. The van der Waals surface area contributed by atoms with Crippen LogP contribution < -0.4 is 20.3 Å². The SMILES string of the molecule is CCc1cccc(C)c1N1C(=O)CS/C1=N\C(=S)NC(=O)NC1Cc2ccc(-c3ncn(-c4ccc(OC(F)(F)F)cc4)n3)cc2C1. The fourth-order valence-electron chi connectivity index (χ4n) is 5.60. The Morgan fingerprint density at radius 1 is 1.13 bits per heavy atom. The number of nitrogens with one attached hydrogen (secondary N) is 2. The number of hydrogen-bond donors (Lipinski definition) is 2. The molecule has 0 radical (unpaired) electrons. The number of ether oxygens (including phenoxy) is 1. The number of nitrogens with zero attached hydrogens (tertiary/aromatic N) is 5. The van der Waals surface area contributed by atoms with Gasteiger partial charge in [-0.2, -0.15) is 4.99 Å². The highest BCUT2D eigenvalue weighted by molar-refractivity contribution is 8.15. The summed E-state index contributed by atoms with van der Waals surface area (Å²) in [6.45, 7) is 3.97. The summed E-state index contributed by atoms with van der Waals surface area (Å²) < 4.78 is 42.8. The van der Waals surface area contributed by atoms with Gasteiger partial charge in [0.2, 0.25) is 11.0 Å². The second-order valence-corrected chi connectivity index (χ2v) is 12.2. The minimum Gasteiger partial charge on any atom is -0.406 e. The van der Waals surface area contributed by atoms with E-state index in [0.717, 1.165) is 39.9 Å². The topological polar surface area (TPSA) is 114 Å². The molecule has 47 heavy (non-hydrogen) atoms. The lowest BCUT2D eigenvalue weighted by Crippen LogP contribution is -2.44. The predicted molar refractivity (Wildman–Crippen MR) is 177 cm³/mol. The molecule has 1 unspecified atom stereocenters. The zero-order valence-corrected chi connectivity index (χ0v) is 26.8. The van der Waals surface area contributed by atoms with Crippen molar-refractivity contribution in [3.63, 3.8) is 0 Å². The van der Waals surface area contributed by atoms with Crippen LogP contribution >= 0.6 is 24.0 Å². The van der Waals surface area contributed by atoms with E-state index in [1.165, 1.54) is 47.0 Å². The quantitative estimate of drug-likeness (QED) is 0.245. The number of urea groups is 1. The minimum absolute atomic E-state index is 0.0432. The number of aliphatic imine (C=N–C) groups is 1. The van der Waals surface area contributed by atoms with Crippen molar-refractivity contribution >= 4 is 51.9 Å². The van der Waals surface area contributed by atoms with Crippen LogP contribution in [0.2, 0.25) is 0 Å². The average molecular weight is 680 g/mol. The summed E-state index contributed by atoms with van der Waals surface area (Å²) in [4.78, 5) is 36.0. The first kappa shape index (κ1) is 32.2. The van der Waals surface area contributed by atoms with Gasteiger partial charge >= 0.3 is 12.4 Å². The third kappa shape index (κ3) is 7.30. The lowest BCUT2D eigenvalue weighted by Gasteiger charge is -2.22. The van der Waals surface area contributed by atoms with E-state index in [1.807, 2.05) is 50.2 Å². The highest BCUT2D eigenvalue weighted by atomic mass is 32.2. The van der Waals surface area contributed by atoms with Crippen LogP contribution in [0.25, 0.3) is 17.1 Å². The molecule has 3 amide bonds. The number of alkyl halides is 3. The van der Waals surface area contributed by atoms with Gasteiger partial charge in [0.1, 0.15) is 12.1 Å². The predicted octanol–water partition coefficient (Wildman–Crippen LogP) is 5.89. The lowest BCUT2D eigenvalue weighted by molar-refractivity contribution is -0.274. The Balaban J connectivity index is 1.07. The number of rotatable bonds is 6. The molecule has 2 heterocycles. The van der Waals surface area contributed by atoms with Crippen LogP contribution in [0.15, 0.2) is 72.0 Å². The van der Waals surface area contributed by atoms with Crippen LogP contribution in [-0.4, -0.2) is 55.1 Å². The summed E-state index contributed by atoms with van der Waals surface area (Å²) in [7, 11) is 0. The second-order valence-electron chi connectivity index (χ2n) is 10.9. The van der Waals surface area contributed by atoms with E-state index in [4.69, 9.17) is 12.2 Å². The molecule has 1 fully saturated rings. The van der Waals surface area contributed by atoms with Crippen molar-refractivity contribution < 1.29 is 27.5 Å². The van der Waals surface area contributed by atoms with Gasteiger partial charge in [0.15, 0.2) is 11.0 Å². The number of aromatic nitrogens is 3. The Morgan fingerprint density at radius 3 is 2.64 bits per heavy atom. The number of thiocarbonyl (C=S) groups is 1. The molecule has 1 aliphatic heterocycles. The molecule has 1 atom stereocenters. The number of carbonyl (C=O) groups excluding carboxylic acids is 2. The zero-order valence-electron chi connectivity index (χ0n) is 25.2. The second kappa shape index (κ2) is 13.2. The number of para-hydroxylation sites is 1. The van der Waals surface area contributed by atoms with Crippen molar-refractivity contribution in [1.82, 2.24) is 25.4 Å². The molecule has 1 saturated heterocycles. The molecular formula is C32H28F3N7O3S2. The summed E-state index contributed by atoms with van der Waals surface area (Å²) in [5.74, 6) is 0.253. The number of anilines is 1. The molecule has 242 valence electrons. The lowest BCUT2D eigenvalue weighted by atomic mass is 10.0. The van der Waals surface area contributed by atoms with E-state index in [2.05, 4.69) is 30.4 Å². The highest BCUT2D eigenvalue weighted by Crippen LogP contribution is 2.33. The molecule has 15 heteroatoms. The van der Waals surface area contributed by atoms with E-state index < -0.39 is 12.4 Å². The number of hydrogen-bond acceptors (Lipinski definition) is 7. The van der Waals surface area contributed by atoms with E-state index in [1.54, 1.807) is 4.90 Å². The molecule has 0 spiro atoms. The zero-order chi connectivity index (χ0) is 33.3. The van der Waals surface area contributed by atoms with Gasteiger partial charge in [-0.1, -0.05) is 49.0 Å². The number of carbonyl (C=O) groups is 2. The molecule has 2 aliphatic rings. The first-order valence-corrected chi connectivity index (χ1v) is 16.0. The van der Waals surface area contributed by atoms with Gasteiger partial charge in [-0.15, -0.1) is 18.3 Å². The Morgan fingerprint density at radius 2 is 1.89 bits per heavy atom. The van der Waals surface area contributed by atoms with Crippen molar-refractivity contribution in [2.45, 2.75) is 45.5 Å². The molecule has 4 aromatic rings. The van der Waals surface area contributed by atoms with Gasteiger partial charge in [-0.25, -0.2) is 14.5 Å². The van der Waals surface area contributed by atoms with E-state index in [-0.39, 0.29) is 28.6 Å². The largest absolute Gasteiger partial charge is 0.573 e. The number of halogens is 3. The Kier molecular flexibility index (Phi) is 9.01. The smallest absolute Gasteiger partial charge is 0.406 e. The maximum absolute atomic E-state index is 12.9. The summed E-state index contributed by atoms with van der Waals surface area (Å²) in [6, 6.07) is 16.3. The average Bonchev–Trinajstić information content (AvgIpc) is 3.75. The molecule has 2 N–H and O–H groups in total. The third-order valence-electron chi connectivity index (χ3n) is 7.67. The van der Waals surface area contributed by atoms with Crippen LogP contribution in [0.3, 0.4) is 0 Å². The van der Waals surface area contributed by atoms with Gasteiger partial charge in [-0.3, -0.25) is 15.0 Å². The van der Waals surface area contributed by atoms with Crippen LogP contribution in [-0.2, 0) is 24.1 Å². The minimum atomic E-state index is -4.77. The van der Waals surface area contributed by atoms with E-state index in [9.17, 15) is 22.8 Å². The molecule has 6 rings (SSSR count). The standard InChI is InChI=1S/C32H28F3N7O3S2/c1-3-19-6-4-5-18(2)27(19)42-26(43)16-47-31(42)39-30(46)38-29(44)37-23-14-20-7-8-21(13-22(20)15-23)28-36-17-41(40-28)24-9-11-25(12-10-24)45-32(33,34)35/h4-13,17,23H,3,14-16H2,1-2H3,(H2,37,38,44,46)/b39-31-. The fourth-order valence-corrected chi connectivity index (χ4v) is 6.70. The monoisotopic (exact) mass is 679 g/mol. The number of benzene rings is 3. The number of aryl methyl sites for hydroxylation is 2. The van der Waals surface area contributed by atoms with E-state index in [0.29, 0.717) is 29.5 Å². The number of amides is 3. The van der Waals surface area contributed by atoms with Gasteiger partial charge in [0.05, 0.1) is 17.1 Å². The molecule has 1 aliphatic carbocycles. The Labute approximate surface area is 277 Å². The summed E-state index contributed by atoms with van der Waals surface area (Å²) in [5, 5.41) is 10.4. The van der Waals surface area contributed by atoms with Crippen LogP contribution in [0, 0.1) is 6.92 Å². The van der Waals surface area contributed by atoms with Crippen LogP contribution in [0.4, 0.5) is 23.7 Å². The molecule has 10 nitrogen and oxygen atoms in total. The molecule has 0 saturated carbocycles. The normalized spacial score (nSPS) is 16.8. The molecule has 0 bridgehead atoms. The van der Waals surface area contributed by atoms with Crippen molar-refractivity contribution in [1.29, 1.82) is 0 Å². The highest BCUT2D eigenvalue weighted by Gasteiger charge is 2.33. The Bertz CT molecular complexity index is 1890. The number of thioether (sulfide) groups is 1. The maximum atomic E-state index is 12.9. The molecular weight excluding hydrogens is 652 g/mol. The van der Waals surface area contributed by atoms with Crippen molar-refractivity contribution in [3.05, 3.63) is 89.2 Å². The maximum Gasteiger partial charge on any atom is 0.573 e. The van der Waals surface area contributed by atoms with Gasteiger partial charge in [0, 0.05) is 11.6 Å². The van der Waals surface area contributed by atoms with Crippen molar-refractivity contribution in [2.24, 2.45) is 4.99 Å². The molecule has 1 aromatic heterocycles. The summed E-state index contributed by atoms with van der Waals surface area (Å²) >= 11 is 6.65. The van der Waals surface area contributed by atoms with Crippen LogP contribution in [0.1, 0.15) is 29.2 Å². The van der Waals surface area contributed by atoms with Gasteiger partial charge in [-0.05, 0) is 91.0 Å². The fraction of sp³-hybridized carbons (Fsp3) is 0.250. The van der Waals surface area contributed by atoms with Crippen molar-refractivity contribution in [3.8, 4) is 22.8 Å². The van der Waals surface area contributed by atoms with Gasteiger partial charge in [0.25, 0.3) is 0 Å². The Hall–Kier alpha value is -4.76. The first-order valence-electron chi connectivity index (χ1n) is 14.6. The van der Waals surface area contributed by atoms with Crippen LogP contribution in [0.5, 0.6) is 5.75 Å². The van der Waals surface area contributed by atoms with Crippen molar-refractivity contribution in [2.75, 3.05) is 10.7 Å². The number of fused-ring (bicyclic) bond motifs is 1. The van der Waals surface area contributed by atoms with Gasteiger partial charge < -0.3 is 10.1 Å². The first-order chi connectivity index (χ1) is 22.5. The third-order valence-corrected chi connectivity index (χ3v) is 8.78. The summed E-state index contributed by atoms with van der Waals surface area (Å²) in [6.07, 6.45) is -1.35. The molecule has 3 aromatic carbocycles. The van der Waals surface area contributed by atoms with E-state index >= 15 is 0 Å².